The minimum Gasteiger partial charge on any atom is -0.273 e. The normalized spacial score (nSPS) is 11.1. The number of hydrogen-bond donors (Lipinski definition) is 0. The molecule has 0 saturated carbocycles. The van der Waals surface area contributed by atoms with E-state index in [1.807, 2.05) is 12.2 Å². The number of hydrogen-bond acceptors (Lipinski definition) is 0. The van der Waals surface area contributed by atoms with E-state index in [2.05, 4.69) is 25.7 Å². The quantitative estimate of drug-likeness (QED) is 0.427. The zero-order chi connectivity index (χ0) is 6.24. The molecule has 0 saturated heterocycles. The topological polar surface area (TPSA) is 0 Å². The molecule has 0 nitrogen and oxygen atoms in total. The Hall–Kier alpha value is -0.248. The summed E-state index contributed by atoms with van der Waals surface area (Å²) in [4.78, 5) is 0. The van der Waals surface area contributed by atoms with Crippen molar-refractivity contribution in [2.24, 2.45) is 0 Å². The fraction of sp³-hybridized carbons (Fsp3) is 0.125. The van der Waals surface area contributed by atoms with Gasteiger partial charge in [0.05, 0.1) is 0 Å². The summed E-state index contributed by atoms with van der Waals surface area (Å²) in [5, 5.41) is 0. The molecule has 0 aromatic carbocycles. The molecule has 0 atom stereocenters. The Bertz CT molecular complexity index is 91.1. The van der Waals surface area contributed by atoms with Crippen LogP contribution in [0.2, 0.25) is 0 Å². The first-order chi connectivity index (χ1) is 3.91. The largest absolute Gasteiger partial charge is 2.00 e. The molecule has 0 aromatic heterocycles. The molecule has 52 valence electrons. The van der Waals surface area contributed by atoms with Gasteiger partial charge in [-0.25, -0.2) is 31.7 Å². The van der Waals surface area contributed by atoms with Crippen molar-refractivity contribution in [1.82, 2.24) is 0 Å². The van der Waals surface area contributed by atoms with E-state index < -0.39 is 0 Å². The molecule has 0 aliphatic heterocycles. The molecular weight excluding hydrogens is 203 g/mol. The summed E-state index contributed by atoms with van der Waals surface area (Å²) in [6, 6.07) is 0. The van der Waals surface area contributed by atoms with E-state index in [0.29, 0.717) is 0 Å². The van der Waals surface area contributed by atoms with Crippen LogP contribution in [0.3, 0.4) is 0 Å². The maximum atomic E-state index is 3.25. The molecule has 0 unspecified atom stereocenters. The van der Waals surface area contributed by atoms with Gasteiger partial charge >= 0.3 is 20.4 Å². The second-order valence-electron chi connectivity index (χ2n) is 1.29. The van der Waals surface area contributed by atoms with Crippen LogP contribution in [-0.4, -0.2) is 0 Å². The van der Waals surface area contributed by atoms with Crippen LogP contribution >= 0.6 is 0 Å². The Morgan fingerprint density at radius 3 is 2.33 bits per heavy atom. The minimum absolute atomic E-state index is 0. The first-order valence-corrected chi connectivity index (χ1v) is 2.53. The number of rotatable bonds is 0. The monoisotopic (exact) mass is 212 g/mol. The van der Waals surface area contributed by atoms with Gasteiger partial charge in [0.25, 0.3) is 0 Å². The third-order valence-corrected chi connectivity index (χ3v) is 0.586. The summed E-state index contributed by atoms with van der Waals surface area (Å²) >= 11 is 0. The van der Waals surface area contributed by atoms with Crippen LogP contribution in [0.1, 0.15) is 6.42 Å². The Morgan fingerprint density at radius 2 is 2.22 bits per heavy atom. The van der Waals surface area contributed by atoms with E-state index in [-0.39, 0.29) is 20.4 Å². The average molecular weight is 213 g/mol. The summed E-state index contributed by atoms with van der Waals surface area (Å²) in [5.74, 6) is 0. The van der Waals surface area contributed by atoms with E-state index in [1.54, 1.807) is 0 Å². The summed E-state index contributed by atoms with van der Waals surface area (Å²) in [6.07, 6.45) is 11.5. The van der Waals surface area contributed by atoms with E-state index in [9.17, 15) is 0 Å². The van der Waals surface area contributed by atoms with Crippen LogP contribution in [0.4, 0.5) is 0 Å². The van der Waals surface area contributed by atoms with Gasteiger partial charge in [-0.3, -0.25) is 6.08 Å². The van der Waals surface area contributed by atoms with Gasteiger partial charge in [-0.1, -0.05) is 0 Å². The zero-order valence-electron chi connectivity index (χ0n) is 5.25. The van der Waals surface area contributed by atoms with Gasteiger partial charge in [0, 0.05) is 0 Å². The molecule has 9 heavy (non-hydrogen) atoms. The van der Waals surface area contributed by atoms with Crippen molar-refractivity contribution in [3.05, 3.63) is 43.9 Å². The van der Waals surface area contributed by atoms with Crippen LogP contribution in [0.15, 0.2) is 30.9 Å². The van der Waals surface area contributed by atoms with E-state index in [1.165, 1.54) is 6.08 Å². The van der Waals surface area contributed by atoms with Gasteiger partial charge < -0.3 is 0 Å². The SMILES string of the molecule is C=C[CH2-].[C-]1=CC=CC1.[Pd+2]. The maximum Gasteiger partial charge on any atom is 2.00 e. The molecule has 1 aliphatic carbocycles. The molecule has 1 aliphatic rings. The third kappa shape index (κ3) is 11.4. The molecule has 0 aromatic rings. The van der Waals surface area contributed by atoms with Gasteiger partial charge in [0.2, 0.25) is 0 Å². The summed E-state index contributed by atoms with van der Waals surface area (Å²) in [5.41, 5.74) is 0. The molecular formula is C8H10Pd. The van der Waals surface area contributed by atoms with Crippen molar-refractivity contribution < 1.29 is 20.4 Å². The molecule has 1 rings (SSSR count). The van der Waals surface area contributed by atoms with Gasteiger partial charge in [0.1, 0.15) is 0 Å². The van der Waals surface area contributed by atoms with Crippen molar-refractivity contribution in [2.75, 3.05) is 0 Å². The van der Waals surface area contributed by atoms with Crippen molar-refractivity contribution in [1.29, 1.82) is 0 Å². The van der Waals surface area contributed by atoms with Crippen LogP contribution in [0.5, 0.6) is 0 Å². The average Bonchev–Trinajstić information content (AvgIpc) is 2.17. The van der Waals surface area contributed by atoms with E-state index in [0.717, 1.165) is 6.42 Å². The van der Waals surface area contributed by atoms with Crippen molar-refractivity contribution in [2.45, 2.75) is 6.42 Å². The van der Waals surface area contributed by atoms with Crippen LogP contribution in [0, 0.1) is 13.0 Å². The van der Waals surface area contributed by atoms with Crippen molar-refractivity contribution in [3.8, 4) is 0 Å². The third-order valence-electron chi connectivity index (χ3n) is 0.586. The molecule has 0 N–H and O–H groups in total. The Morgan fingerprint density at radius 1 is 1.67 bits per heavy atom. The molecule has 0 amide bonds. The second kappa shape index (κ2) is 10.7. The Labute approximate surface area is 71.0 Å². The zero-order valence-corrected chi connectivity index (χ0v) is 6.80. The van der Waals surface area contributed by atoms with Crippen LogP contribution in [-0.2, 0) is 20.4 Å². The fourth-order valence-electron chi connectivity index (χ4n) is 0.340. The van der Waals surface area contributed by atoms with Gasteiger partial charge in [-0.05, 0) is 0 Å². The Kier molecular flexibility index (Phi) is 13.7. The molecule has 0 heterocycles. The number of allylic oxidation sites excluding steroid dienone is 5. The first kappa shape index (κ1) is 11.5. The summed E-state index contributed by atoms with van der Waals surface area (Å²) in [7, 11) is 0. The molecule has 0 fully saturated rings. The summed E-state index contributed by atoms with van der Waals surface area (Å²) < 4.78 is 0. The molecule has 0 bridgehead atoms. The summed E-state index contributed by atoms with van der Waals surface area (Å²) in [6.45, 7) is 6.50. The second-order valence-corrected chi connectivity index (χ2v) is 1.29. The predicted molar refractivity (Wildman–Crippen MR) is 37.1 cm³/mol. The predicted octanol–water partition coefficient (Wildman–Crippen LogP) is 2.31. The van der Waals surface area contributed by atoms with Crippen molar-refractivity contribution in [3.63, 3.8) is 0 Å². The molecule has 1 heteroatoms. The van der Waals surface area contributed by atoms with Gasteiger partial charge in [0.15, 0.2) is 0 Å². The van der Waals surface area contributed by atoms with Crippen molar-refractivity contribution >= 4 is 0 Å². The maximum absolute atomic E-state index is 3.25. The van der Waals surface area contributed by atoms with Gasteiger partial charge in [-0.2, -0.15) is 6.08 Å². The van der Waals surface area contributed by atoms with E-state index in [4.69, 9.17) is 0 Å². The standard InChI is InChI=1S/C5H5.C3H5.Pd/c1-2-4-5-3-1;1-3-2;/h1-3H,4H2;3H,1-2H2;/q2*-1;+2. The van der Waals surface area contributed by atoms with Crippen LogP contribution in [0.25, 0.3) is 0 Å². The Balaban J connectivity index is 0. The first-order valence-electron chi connectivity index (χ1n) is 2.53. The van der Waals surface area contributed by atoms with Gasteiger partial charge in [-0.15, -0.1) is 6.42 Å². The van der Waals surface area contributed by atoms with Crippen LogP contribution < -0.4 is 0 Å². The molecule has 0 spiro atoms. The smallest absolute Gasteiger partial charge is 0.273 e. The fourth-order valence-corrected chi connectivity index (χ4v) is 0.340. The van der Waals surface area contributed by atoms with E-state index >= 15 is 0 Å². The minimum atomic E-state index is 0. The molecule has 0 radical (unpaired) electrons.